The molecular formula is C24H25N3O3. The standard InChI is InChI=1S/C24H25N3O3/c1-30-21-12-6-5-10-19(21)24(29)25-14-13-22(28)27-17-16-26-15-7-11-20(26)23(27)18-8-3-2-4-9-18/h2-12,15,23H,13-14,16-17H2,1H3,(H,25,29)/t23-/m1/s1. The molecule has 2 heterocycles. The van der Waals surface area contributed by atoms with Gasteiger partial charge in [0.1, 0.15) is 5.75 Å². The van der Waals surface area contributed by atoms with Gasteiger partial charge in [0.2, 0.25) is 5.91 Å². The number of benzene rings is 2. The molecule has 2 amide bonds. The SMILES string of the molecule is COc1ccccc1C(=O)NCCC(=O)N1CCn2cccc2[C@H]1c1ccccc1. The Kier molecular flexibility index (Phi) is 5.84. The number of ether oxygens (including phenoxy) is 1. The molecule has 4 rings (SSSR count). The van der Waals surface area contributed by atoms with E-state index in [0.717, 1.165) is 17.8 Å². The summed E-state index contributed by atoms with van der Waals surface area (Å²) in [5, 5.41) is 2.84. The Morgan fingerprint density at radius 1 is 1.00 bits per heavy atom. The molecular weight excluding hydrogens is 378 g/mol. The second-order valence-electron chi connectivity index (χ2n) is 7.23. The van der Waals surface area contributed by atoms with Gasteiger partial charge in [0.25, 0.3) is 5.91 Å². The van der Waals surface area contributed by atoms with E-state index in [1.165, 1.54) is 7.11 Å². The highest BCUT2D eigenvalue weighted by atomic mass is 16.5. The van der Waals surface area contributed by atoms with Gasteiger partial charge in [0.15, 0.2) is 0 Å². The van der Waals surface area contributed by atoms with Crippen molar-refractivity contribution in [2.45, 2.75) is 19.0 Å². The van der Waals surface area contributed by atoms with Gasteiger partial charge in [-0.15, -0.1) is 0 Å². The van der Waals surface area contributed by atoms with Crippen LogP contribution in [0.1, 0.15) is 34.1 Å². The Labute approximate surface area is 176 Å². The van der Waals surface area contributed by atoms with Gasteiger partial charge in [0, 0.05) is 37.9 Å². The molecule has 6 nitrogen and oxygen atoms in total. The molecule has 3 aromatic rings. The smallest absolute Gasteiger partial charge is 0.255 e. The van der Waals surface area contributed by atoms with Crippen LogP contribution in [0.25, 0.3) is 0 Å². The third-order valence-corrected chi connectivity index (χ3v) is 5.45. The molecule has 1 aliphatic heterocycles. The Morgan fingerprint density at radius 2 is 1.77 bits per heavy atom. The maximum Gasteiger partial charge on any atom is 0.255 e. The first-order valence-corrected chi connectivity index (χ1v) is 10.1. The maximum absolute atomic E-state index is 13.1. The summed E-state index contributed by atoms with van der Waals surface area (Å²) in [5.41, 5.74) is 2.66. The molecule has 0 fully saturated rings. The molecule has 0 unspecified atom stereocenters. The Morgan fingerprint density at radius 3 is 2.57 bits per heavy atom. The second kappa shape index (κ2) is 8.86. The quantitative estimate of drug-likeness (QED) is 0.687. The molecule has 0 spiro atoms. The lowest BCUT2D eigenvalue weighted by atomic mass is 9.99. The van der Waals surface area contributed by atoms with E-state index in [9.17, 15) is 9.59 Å². The van der Waals surface area contributed by atoms with Gasteiger partial charge in [-0.05, 0) is 29.8 Å². The summed E-state index contributed by atoms with van der Waals surface area (Å²) in [4.78, 5) is 27.5. The Bertz CT molecular complexity index is 1030. The molecule has 154 valence electrons. The minimum atomic E-state index is -0.243. The number of hydrogen-bond donors (Lipinski definition) is 1. The van der Waals surface area contributed by atoms with Crippen molar-refractivity contribution in [2.24, 2.45) is 0 Å². The van der Waals surface area contributed by atoms with E-state index in [1.807, 2.05) is 35.2 Å². The van der Waals surface area contributed by atoms with Gasteiger partial charge < -0.3 is 19.5 Å². The monoisotopic (exact) mass is 403 g/mol. The van der Waals surface area contributed by atoms with E-state index >= 15 is 0 Å². The molecule has 0 saturated heterocycles. The number of rotatable bonds is 6. The van der Waals surface area contributed by atoms with Crippen molar-refractivity contribution in [3.05, 3.63) is 89.7 Å². The number of amides is 2. The molecule has 1 aromatic heterocycles. The average Bonchev–Trinajstić information content (AvgIpc) is 3.27. The number of carbonyl (C=O) groups excluding carboxylic acids is 2. The molecule has 0 bridgehead atoms. The molecule has 1 N–H and O–H groups in total. The fraction of sp³-hybridized carbons (Fsp3) is 0.250. The third-order valence-electron chi connectivity index (χ3n) is 5.45. The lowest BCUT2D eigenvalue weighted by Gasteiger charge is -2.37. The predicted octanol–water partition coefficient (Wildman–Crippen LogP) is 3.25. The minimum absolute atomic E-state index is 0.0247. The second-order valence-corrected chi connectivity index (χ2v) is 7.23. The van der Waals surface area contributed by atoms with Crippen molar-refractivity contribution in [3.8, 4) is 5.75 Å². The first kappa shape index (κ1) is 19.8. The van der Waals surface area contributed by atoms with Crippen LogP contribution in [-0.4, -0.2) is 41.5 Å². The van der Waals surface area contributed by atoms with E-state index in [2.05, 4.69) is 34.3 Å². The molecule has 6 heteroatoms. The topological polar surface area (TPSA) is 63.6 Å². The number of hydrogen-bond acceptors (Lipinski definition) is 3. The first-order chi connectivity index (χ1) is 14.7. The molecule has 0 aliphatic carbocycles. The summed E-state index contributed by atoms with van der Waals surface area (Å²) < 4.78 is 7.44. The lowest BCUT2D eigenvalue weighted by molar-refractivity contribution is -0.133. The first-order valence-electron chi connectivity index (χ1n) is 10.1. The van der Waals surface area contributed by atoms with Crippen LogP contribution in [0.5, 0.6) is 5.75 Å². The maximum atomic E-state index is 13.1. The van der Waals surface area contributed by atoms with E-state index < -0.39 is 0 Å². The van der Waals surface area contributed by atoms with Crippen LogP contribution in [0.15, 0.2) is 72.9 Å². The van der Waals surface area contributed by atoms with Crippen LogP contribution in [0.2, 0.25) is 0 Å². The molecule has 30 heavy (non-hydrogen) atoms. The van der Waals surface area contributed by atoms with Crippen LogP contribution >= 0.6 is 0 Å². The summed E-state index contributed by atoms with van der Waals surface area (Å²) >= 11 is 0. The Hall–Kier alpha value is -3.54. The van der Waals surface area contributed by atoms with Crippen molar-refractivity contribution in [3.63, 3.8) is 0 Å². The van der Waals surface area contributed by atoms with Crippen LogP contribution in [-0.2, 0) is 11.3 Å². The highest BCUT2D eigenvalue weighted by Gasteiger charge is 2.31. The third kappa shape index (κ3) is 3.94. The Balaban J connectivity index is 1.44. The van der Waals surface area contributed by atoms with E-state index in [4.69, 9.17) is 4.74 Å². The summed E-state index contributed by atoms with van der Waals surface area (Å²) in [6.45, 7) is 1.68. The number of nitrogens with one attached hydrogen (secondary N) is 1. The van der Waals surface area contributed by atoms with Gasteiger partial charge in [-0.2, -0.15) is 0 Å². The molecule has 2 aromatic carbocycles. The van der Waals surface area contributed by atoms with Crippen LogP contribution in [0.4, 0.5) is 0 Å². The van der Waals surface area contributed by atoms with E-state index in [1.54, 1.807) is 18.2 Å². The van der Waals surface area contributed by atoms with Crippen molar-refractivity contribution in [1.29, 1.82) is 0 Å². The molecule has 0 radical (unpaired) electrons. The number of aromatic nitrogens is 1. The van der Waals surface area contributed by atoms with E-state index in [0.29, 0.717) is 17.9 Å². The number of nitrogens with zero attached hydrogens (tertiary/aromatic N) is 2. The predicted molar refractivity (Wildman–Crippen MR) is 114 cm³/mol. The number of methoxy groups -OCH3 is 1. The van der Waals surface area contributed by atoms with Crippen molar-refractivity contribution < 1.29 is 14.3 Å². The fourth-order valence-corrected chi connectivity index (χ4v) is 3.99. The zero-order valence-corrected chi connectivity index (χ0v) is 17.0. The van der Waals surface area contributed by atoms with Gasteiger partial charge in [-0.3, -0.25) is 9.59 Å². The number of fused-ring (bicyclic) bond motifs is 1. The van der Waals surface area contributed by atoms with Gasteiger partial charge in [-0.25, -0.2) is 0 Å². The van der Waals surface area contributed by atoms with Gasteiger partial charge in [-0.1, -0.05) is 42.5 Å². The number of para-hydroxylation sites is 1. The minimum Gasteiger partial charge on any atom is -0.496 e. The summed E-state index contributed by atoms with van der Waals surface area (Å²) in [5.74, 6) is 0.297. The highest BCUT2D eigenvalue weighted by Crippen LogP contribution is 2.32. The fourth-order valence-electron chi connectivity index (χ4n) is 3.99. The molecule has 0 saturated carbocycles. The average molecular weight is 403 g/mol. The van der Waals surface area contributed by atoms with Crippen molar-refractivity contribution >= 4 is 11.8 Å². The highest BCUT2D eigenvalue weighted by molar-refractivity contribution is 5.97. The molecule has 1 aliphatic rings. The summed E-state index contributed by atoms with van der Waals surface area (Å²) in [6, 6.07) is 21.1. The van der Waals surface area contributed by atoms with E-state index in [-0.39, 0.29) is 30.8 Å². The van der Waals surface area contributed by atoms with Gasteiger partial charge in [0.05, 0.1) is 18.7 Å². The number of carbonyl (C=O) groups is 2. The molecule has 1 atom stereocenters. The van der Waals surface area contributed by atoms with Crippen LogP contribution < -0.4 is 10.1 Å². The van der Waals surface area contributed by atoms with Crippen LogP contribution in [0.3, 0.4) is 0 Å². The van der Waals surface area contributed by atoms with Crippen LogP contribution in [0, 0.1) is 0 Å². The summed E-state index contributed by atoms with van der Waals surface area (Å²) in [6.07, 6.45) is 2.30. The zero-order chi connectivity index (χ0) is 20.9. The van der Waals surface area contributed by atoms with Crippen molar-refractivity contribution in [1.82, 2.24) is 14.8 Å². The lowest BCUT2D eigenvalue weighted by Crippen LogP contribution is -2.43. The summed E-state index contributed by atoms with van der Waals surface area (Å²) in [7, 11) is 1.53. The largest absolute Gasteiger partial charge is 0.496 e. The zero-order valence-electron chi connectivity index (χ0n) is 17.0. The van der Waals surface area contributed by atoms with Gasteiger partial charge >= 0.3 is 0 Å². The van der Waals surface area contributed by atoms with Crippen molar-refractivity contribution in [2.75, 3.05) is 20.2 Å². The normalized spacial score (nSPS) is 15.4.